The van der Waals surface area contributed by atoms with Crippen LogP contribution in [0.25, 0.3) is 0 Å². The summed E-state index contributed by atoms with van der Waals surface area (Å²) >= 11 is 6.37. The first-order valence-corrected chi connectivity index (χ1v) is 9.53. The third kappa shape index (κ3) is 6.42. The number of alkyl halides is 1. The van der Waals surface area contributed by atoms with E-state index in [2.05, 4.69) is 73.1 Å². The molecule has 0 bridgehead atoms. The van der Waals surface area contributed by atoms with E-state index in [1.807, 2.05) is 0 Å². The van der Waals surface area contributed by atoms with Gasteiger partial charge in [0.05, 0.1) is 0 Å². The molecule has 132 valence electrons. The molecule has 2 unspecified atom stereocenters. The summed E-state index contributed by atoms with van der Waals surface area (Å²) in [6, 6.07) is 11.4. The van der Waals surface area contributed by atoms with Gasteiger partial charge in [-0.25, -0.2) is 0 Å². The van der Waals surface area contributed by atoms with Crippen LogP contribution in [0.15, 0.2) is 30.3 Å². The van der Waals surface area contributed by atoms with E-state index in [4.69, 9.17) is 11.6 Å². The van der Waals surface area contributed by atoms with Crippen LogP contribution in [0, 0.1) is 0 Å². The fraction of sp³-hybridized carbons (Fsp3) is 0.684. The van der Waals surface area contributed by atoms with Crippen molar-refractivity contribution in [2.75, 3.05) is 38.6 Å². The van der Waals surface area contributed by atoms with E-state index >= 15 is 0 Å². The Labute approximate surface area is 148 Å². The lowest BCUT2D eigenvalue weighted by molar-refractivity contribution is 0.100. The molecule has 0 saturated carbocycles. The summed E-state index contributed by atoms with van der Waals surface area (Å²) in [6.45, 7) is 15.0. The number of hydrogen-bond acceptors (Lipinski definition) is 3. The first kappa shape index (κ1) is 20.4. The van der Waals surface area contributed by atoms with Crippen molar-refractivity contribution in [1.29, 1.82) is 0 Å². The second kappa shape index (κ2) is 11.9. The van der Waals surface area contributed by atoms with Crippen LogP contribution in [0.2, 0.25) is 0 Å². The SMILES string of the molecule is CCN(CC)C(CCl)C(CNCc1ccccc1)N(CC)CC. The van der Waals surface area contributed by atoms with Crippen molar-refractivity contribution in [3.8, 4) is 0 Å². The van der Waals surface area contributed by atoms with Crippen molar-refractivity contribution >= 4 is 11.6 Å². The van der Waals surface area contributed by atoms with Gasteiger partial charge in [-0.05, 0) is 31.7 Å². The number of likely N-dealkylation sites (N-methyl/N-ethyl adjacent to an activating group) is 2. The van der Waals surface area contributed by atoms with E-state index in [9.17, 15) is 0 Å². The molecule has 1 rings (SSSR count). The van der Waals surface area contributed by atoms with Crippen molar-refractivity contribution in [2.45, 2.75) is 46.3 Å². The van der Waals surface area contributed by atoms with Crippen LogP contribution in [0.1, 0.15) is 33.3 Å². The lowest BCUT2D eigenvalue weighted by Crippen LogP contribution is -2.56. The Morgan fingerprint density at radius 1 is 0.870 bits per heavy atom. The zero-order chi connectivity index (χ0) is 17.1. The monoisotopic (exact) mass is 339 g/mol. The van der Waals surface area contributed by atoms with Gasteiger partial charge in [-0.15, -0.1) is 11.6 Å². The van der Waals surface area contributed by atoms with Crippen LogP contribution in [0.3, 0.4) is 0 Å². The molecule has 0 aliphatic rings. The minimum atomic E-state index is 0.384. The van der Waals surface area contributed by atoms with Gasteiger partial charge in [0.25, 0.3) is 0 Å². The van der Waals surface area contributed by atoms with E-state index in [0.29, 0.717) is 18.0 Å². The summed E-state index contributed by atoms with van der Waals surface area (Å²) in [5.74, 6) is 0.676. The summed E-state index contributed by atoms with van der Waals surface area (Å²) in [7, 11) is 0. The van der Waals surface area contributed by atoms with Gasteiger partial charge >= 0.3 is 0 Å². The predicted octanol–water partition coefficient (Wildman–Crippen LogP) is 3.44. The molecule has 0 radical (unpaired) electrons. The standard InChI is InChI=1S/C19H34ClN3/c1-5-22(6-2)18(14-20)19(23(7-3)8-4)16-21-15-17-12-10-9-11-13-17/h9-13,18-19,21H,5-8,14-16H2,1-4H3. The molecule has 2 atom stereocenters. The Bertz CT molecular complexity index is 391. The number of benzene rings is 1. The summed E-state index contributed by atoms with van der Waals surface area (Å²) < 4.78 is 0. The van der Waals surface area contributed by atoms with Crippen molar-refractivity contribution in [1.82, 2.24) is 15.1 Å². The van der Waals surface area contributed by atoms with Crippen LogP contribution >= 0.6 is 11.6 Å². The fourth-order valence-electron chi connectivity index (χ4n) is 3.30. The highest BCUT2D eigenvalue weighted by atomic mass is 35.5. The summed E-state index contributed by atoms with van der Waals surface area (Å²) in [6.07, 6.45) is 0. The van der Waals surface area contributed by atoms with Gasteiger partial charge in [0.1, 0.15) is 0 Å². The van der Waals surface area contributed by atoms with Gasteiger partial charge in [-0.1, -0.05) is 58.0 Å². The molecule has 3 nitrogen and oxygen atoms in total. The number of nitrogens with one attached hydrogen (secondary N) is 1. The van der Waals surface area contributed by atoms with Crippen LogP contribution in [0.5, 0.6) is 0 Å². The van der Waals surface area contributed by atoms with Crippen molar-refractivity contribution in [3.63, 3.8) is 0 Å². The molecular formula is C19H34ClN3. The highest BCUT2D eigenvalue weighted by Gasteiger charge is 2.28. The van der Waals surface area contributed by atoms with E-state index in [-0.39, 0.29) is 0 Å². The Kier molecular flexibility index (Phi) is 10.5. The minimum Gasteiger partial charge on any atom is -0.311 e. The summed E-state index contributed by atoms with van der Waals surface area (Å²) in [5.41, 5.74) is 1.33. The Hall–Kier alpha value is -0.610. The number of hydrogen-bond donors (Lipinski definition) is 1. The van der Waals surface area contributed by atoms with Crippen LogP contribution in [-0.2, 0) is 6.54 Å². The first-order valence-electron chi connectivity index (χ1n) is 9.00. The van der Waals surface area contributed by atoms with Gasteiger partial charge in [0.2, 0.25) is 0 Å². The maximum absolute atomic E-state index is 6.37. The van der Waals surface area contributed by atoms with Crippen molar-refractivity contribution in [3.05, 3.63) is 35.9 Å². The van der Waals surface area contributed by atoms with Crippen LogP contribution in [0.4, 0.5) is 0 Å². The second-order valence-electron chi connectivity index (χ2n) is 5.85. The maximum atomic E-state index is 6.37. The molecule has 0 aliphatic heterocycles. The fourth-order valence-corrected chi connectivity index (χ4v) is 3.70. The van der Waals surface area contributed by atoms with E-state index in [1.54, 1.807) is 0 Å². The average molecular weight is 340 g/mol. The lowest BCUT2D eigenvalue weighted by Gasteiger charge is -2.40. The molecule has 0 aromatic heterocycles. The van der Waals surface area contributed by atoms with E-state index < -0.39 is 0 Å². The molecule has 1 aromatic rings. The maximum Gasteiger partial charge on any atom is 0.0399 e. The van der Waals surface area contributed by atoms with Gasteiger partial charge in [-0.2, -0.15) is 0 Å². The van der Waals surface area contributed by atoms with Crippen LogP contribution < -0.4 is 5.32 Å². The third-order valence-electron chi connectivity index (χ3n) is 4.69. The van der Waals surface area contributed by atoms with Gasteiger partial charge in [0, 0.05) is 31.1 Å². The number of nitrogens with zero attached hydrogens (tertiary/aromatic N) is 2. The zero-order valence-corrected chi connectivity index (χ0v) is 16.0. The van der Waals surface area contributed by atoms with Crippen LogP contribution in [-0.4, -0.2) is 60.5 Å². The highest BCUT2D eigenvalue weighted by molar-refractivity contribution is 6.18. The summed E-state index contributed by atoms with van der Waals surface area (Å²) in [5, 5.41) is 3.64. The third-order valence-corrected chi connectivity index (χ3v) is 5.01. The molecule has 4 heteroatoms. The summed E-state index contributed by atoms with van der Waals surface area (Å²) in [4.78, 5) is 5.02. The zero-order valence-electron chi connectivity index (χ0n) is 15.3. The largest absolute Gasteiger partial charge is 0.311 e. The number of rotatable bonds is 12. The highest BCUT2D eigenvalue weighted by Crippen LogP contribution is 2.13. The van der Waals surface area contributed by atoms with Gasteiger partial charge < -0.3 is 5.32 Å². The molecule has 23 heavy (non-hydrogen) atoms. The topological polar surface area (TPSA) is 18.5 Å². The normalized spacial score (nSPS) is 14.4. The van der Waals surface area contributed by atoms with Crippen molar-refractivity contribution in [2.24, 2.45) is 0 Å². The predicted molar refractivity (Wildman–Crippen MR) is 102 cm³/mol. The van der Waals surface area contributed by atoms with E-state index in [1.165, 1.54) is 5.56 Å². The molecule has 0 amide bonds. The quantitative estimate of drug-likeness (QED) is 0.588. The molecule has 0 aliphatic carbocycles. The molecule has 1 N–H and O–H groups in total. The molecule has 1 aromatic carbocycles. The molecule has 0 spiro atoms. The minimum absolute atomic E-state index is 0.384. The molecule has 0 heterocycles. The molecule has 0 fully saturated rings. The lowest BCUT2D eigenvalue weighted by atomic mass is 10.1. The molecular weight excluding hydrogens is 306 g/mol. The van der Waals surface area contributed by atoms with E-state index in [0.717, 1.165) is 39.3 Å². The average Bonchev–Trinajstić information content (AvgIpc) is 2.60. The van der Waals surface area contributed by atoms with Gasteiger partial charge in [0.15, 0.2) is 0 Å². The second-order valence-corrected chi connectivity index (χ2v) is 6.16. The smallest absolute Gasteiger partial charge is 0.0399 e. The molecule has 0 saturated heterocycles. The Morgan fingerprint density at radius 2 is 1.39 bits per heavy atom. The Balaban J connectivity index is 2.74. The van der Waals surface area contributed by atoms with Gasteiger partial charge in [-0.3, -0.25) is 9.80 Å². The Morgan fingerprint density at radius 3 is 1.87 bits per heavy atom. The first-order chi connectivity index (χ1) is 11.2. The number of halogens is 1. The van der Waals surface area contributed by atoms with Crippen molar-refractivity contribution < 1.29 is 0 Å².